The van der Waals surface area contributed by atoms with Crippen LogP contribution in [0.4, 0.5) is 16.3 Å². The number of aromatic nitrogens is 3. The number of carbonyl (C=O) groups excluding carboxylic acids is 1. The minimum atomic E-state index is -1.21. The van der Waals surface area contributed by atoms with E-state index in [0.29, 0.717) is 5.82 Å². The van der Waals surface area contributed by atoms with Crippen molar-refractivity contribution in [2.45, 2.75) is 39.2 Å². The van der Waals surface area contributed by atoms with E-state index in [-0.39, 0.29) is 28.4 Å². The van der Waals surface area contributed by atoms with Crippen LogP contribution < -0.4 is 16.4 Å². The molecule has 2 aromatic rings. The summed E-state index contributed by atoms with van der Waals surface area (Å²) in [5.74, 6) is 0.328. The Kier molecular flexibility index (Phi) is 4.91. The molecule has 10 heteroatoms. The molecule has 5 N–H and O–H groups in total. The van der Waals surface area contributed by atoms with Gasteiger partial charge in [-0.25, -0.2) is 14.8 Å². The molecule has 2 heterocycles. The molecule has 0 aromatic carbocycles. The molecule has 134 valence electrons. The Bertz CT molecular complexity index is 796. The van der Waals surface area contributed by atoms with Gasteiger partial charge in [-0.3, -0.25) is 4.79 Å². The van der Waals surface area contributed by atoms with Crippen LogP contribution in [0.15, 0.2) is 16.8 Å². The van der Waals surface area contributed by atoms with E-state index in [4.69, 9.17) is 15.4 Å². The van der Waals surface area contributed by atoms with Crippen LogP contribution in [0.5, 0.6) is 0 Å². The summed E-state index contributed by atoms with van der Waals surface area (Å²) in [6.07, 6.45) is 0.218. The Hall–Kier alpha value is -3.17. The Morgan fingerprint density at radius 3 is 2.60 bits per heavy atom. The third-order valence-electron chi connectivity index (χ3n) is 3.27. The number of nitrogens with two attached hydrogens (primary N) is 1. The van der Waals surface area contributed by atoms with Gasteiger partial charge in [-0.05, 0) is 6.92 Å². The van der Waals surface area contributed by atoms with Crippen molar-refractivity contribution in [1.82, 2.24) is 20.4 Å². The minimum absolute atomic E-state index is 0.0201. The lowest BCUT2D eigenvalue weighted by molar-refractivity contribution is 0.101. The molecule has 25 heavy (non-hydrogen) atoms. The highest BCUT2D eigenvalue weighted by Crippen LogP contribution is 2.23. The van der Waals surface area contributed by atoms with Gasteiger partial charge in [0.2, 0.25) is 0 Å². The van der Waals surface area contributed by atoms with Crippen molar-refractivity contribution < 1.29 is 19.2 Å². The number of nitrogens with one attached hydrogen (secondary N) is 2. The van der Waals surface area contributed by atoms with Crippen LogP contribution in [0, 0.1) is 0 Å². The SMILES string of the molecule is CC(NC(=O)O)c1cc(C(=O)Nc2cnc(C(C)(C)C)nc2N)no1. The largest absolute Gasteiger partial charge is 0.465 e. The topological polar surface area (TPSA) is 156 Å². The highest BCUT2D eigenvalue weighted by Gasteiger charge is 2.21. The summed E-state index contributed by atoms with van der Waals surface area (Å²) in [4.78, 5) is 31.2. The molecule has 0 saturated carbocycles. The van der Waals surface area contributed by atoms with Gasteiger partial charge >= 0.3 is 6.09 Å². The Labute approximate surface area is 143 Å². The van der Waals surface area contributed by atoms with Crippen LogP contribution in [0.2, 0.25) is 0 Å². The molecule has 0 aliphatic carbocycles. The maximum absolute atomic E-state index is 12.2. The summed E-state index contributed by atoms with van der Waals surface area (Å²) in [5, 5.41) is 17.1. The van der Waals surface area contributed by atoms with Gasteiger partial charge in [-0.1, -0.05) is 25.9 Å². The summed E-state index contributed by atoms with van der Waals surface area (Å²) in [6.45, 7) is 7.41. The number of amides is 2. The summed E-state index contributed by atoms with van der Waals surface area (Å²) >= 11 is 0. The van der Waals surface area contributed by atoms with Crippen LogP contribution in [-0.2, 0) is 5.41 Å². The van der Waals surface area contributed by atoms with Crippen molar-refractivity contribution in [1.29, 1.82) is 0 Å². The maximum Gasteiger partial charge on any atom is 0.405 e. The van der Waals surface area contributed by atoms with Crippen molar-refractivity contribution >= 4 is 23.5 Å². The van der Waals surface area contributed by atoms with Gasteiger partial charge < -0.3 is 26.0 Å². The lowest BCUT2D eigenvalue weighted by Gasteiger charge is -2.17. The van der Waals surface area contributed by atoms with Crippen LogP contribution in [-0.4, -0.2) is 32.2 Å². The van der Waals surface area contributed by atoms with Crippen molar-refractivity contribution in [3.05, 3.63) is 29.5 Å². The molecule has 1 unspecified atom stereocenters. The van der Waals surface area contributed by atoms with Crippen LogP contribution in [0.25, 0.3) is 0 Å². The lowest BCUT2D eigenvalue weighted by Crippen LogP contribution is -2.24. The zero-order valence-corrected chi connectivity index (χ0v) is 14.3. The van der Waals surface area contributed by atoms with Crippen molar-refractivity contribution in [2.24, 2.45) is 0 Å². The van der Waals surface area contributed by atoms with Gasteiger partial charge in [0.05, 0.1) is 12.2 Å². The van der Waals surface area contributed by atoms with E-state index in [9.17, 15) is 9.59 Å². The Balaban J connectivity index is 2.12. The lowest BCUT2D eigenvalue weighted by atomic mass is 9.96. The number of anilines is 2. The molecule has 0 bridgehead atoms. The third-order valence-corrected chi connectivity index (χ3v) is 3.27. The summed E-state index contributed by atoms with van der Waals surface area (Å²) < 4.78 is 4.98. The second-order valence-corrected chi connectivity index (χ2v) is 6.48. The molecule has 1 atom stereocenters. The molecule has 0 spiro atoms. The number of nitrogens with zero attached hydrogens (tertiary/aromatic N) is 3. The van der Waals surface area contributed by atoms with E-state index in [1.54, 1.807) is 6.92 Å². The average Bonchev–Trinajstić information content (AvgIpc) is 2.97. The van der Waals surface area contributed by atoms with Gasteiger partial charge in [-0.2, -0.15) is 0 Å². The molecular weight excluding hydrogens is 328 g/mol. The van der Waals surface area contributed by atoms with Gasteiger partial charge in [-0.15, -0.1) is 0 Å². The zero-order valence-electron chi connectivity index (χ0n) is 14.3. The van der Waals surface area contributed by atoms with Crippen molar-refractivity contribution in [3.63, 3.8) is 0 Å². The molecule has 0 saturated heterocycles. The van der Waals surface area contributed by atoms with E-state index >= 15 is 0 Å². The van der Waals surface area contributed by atoms with Gasteiger partial charge in [0, 0.05) is 11.5 Å². The molecule has 0 radical (unpaired) electrons. The van der Waals surface area contributed by atoms with E-state index in [1.807, 2.05) is 20.8 Å². The quantitative estimate of drug-likeness (QED) is 0.652. The first-order valence-corrected chi connectivity index (χ1v) is 7.48. The standard InChI is InChI=1S/C15H20N6O4/c1-7(18-14(23)24)10-5-8(21-25-10)12(22)19-9-6-17-13(15(2,3)4)20-11(9)16/h5-7,18H,1-4H3,(H,19,22)(H,23,24)(H2,16,17,20). The van der Waals surface area contributed by atoms with Gasteiger partial charge in [0.15, 0.2) is 17.3 Å². The number of hydrogen-bond donors (Lipinski definition) is 4. The van der Waals surface area contributed by atoms with Crippen LogP contribution in [0.3, 0.4) is 0 Å². The maximum atomic E-state index is 12.2. The fourth-order valence-electron chi connectivity index (χ4n) is 1.90. The molecule has 2 aromatic heterocycles. The highest BCUT2D eigenvalue weighted by atomic mass is 16.5. The van der Waals surface area contributed by atoms with Crippen LogP contribution in [0.1, 0.15) is 55.8 Å². The first-order valence-electron chi connectivity index (χ1n) is 7.48. The number of rotatable bonds is 4. The first-order chi connectivity index (χ1) is 11.6. The number of hydrogen-bond acceptors (Lipinski definition) is 7. The van der Waals surface area contributed by atoms with E-state index < -0.39 is 18.0 Å². The zero-order chi connectivity index (χ0) is 18.8. The molecule has 2 amide bonds. The highest BCUT2D eigenvalue weighted by molar-refractivity contribution is 6.04. The third kappa shape index (κ3) is 4.43. The number of carbonyl (C=O) groups is 2. The first kappa shape index (κ1) is 18.2. The van der Waals surface area contributed by atoms with E-state index in [0.717, 1.165) is 0 Å². The second kappa shape index (κ2) is 6.75. The molecular formula is C15H20N6O4. The molecule has 0 aliphatic heterocycles. The fraction of sp³-hybridized carbons (Fsp3) is 0.400. The molecule has 10 nitrogen and oxygen atoms in total. The molecule has 2 rings (SSSR count). The minimum Gasteiger partial charge on any atom is -0.465 e. The van der Waals surface area contributed by atoms with Crippen LogP contribution >= 0.6 is 0 Å². The predicted molar refractivity (Wildman–Crippen MR) is 89.2 cm³/mol. The molecule has 0 fully saturated rings. The van der Waals surface area contributed by atoms with E-state index in [2.05, 4.69) is 25.8 Å². The Morgan fingerprint density at radius 2 is 2.04 bits per heavy atom. The average molecular weight is 348 g/mol. The molecule has 0 aliphatic rings. The summed E-state index contributed by atoms with van der Waals surface area (Å²) in [6, 6.07) is 0.697. The Morgan fingerprint density at radius 1 is 1.36 bits per heavy atom. The summed E-state index contributed by atoms with van der Waals surface area (Å²) in [5.41, 5.74) is 5.82. The van der Waals surface area contributed by atoms with E-state index in [1.165, 1.54) is 12.3 Å². The van der Waals surface area contributed by atoms with Gasteiger partial charge in [0.1, 0.15) is 11.5 Å². The fourth-order valence-corrected chi connectivity index (χ4v) is 1.90. The van der Waals surface area contributed by atoms with Gasteiger partial charge in [0.25, 0.3) is 5.91 Å². The summed E-state index contributed by atoms with van der Waals surface area (Å²) in [7, 11) is 0. The van der Waals surface area contributed by atoms with Crippen molar-refractivity contribution in [2.75, 3.05) is 11.1 Å². The second-order valence-electron chi connectivity index (χ2n) is 6.48. The van der Waals surface area contributed by atoms with Crippen molar-refractivity contribution in [3.8, 4) is 0 Å². The normalized spacial score (nSPS) is 12.5. The monoisotopic (exact) mass is 348 g/mol. The number of carboxylic acid groups (broad SMARTS) is 1. The number of nitrogen functional groups attached to an aromatic ring is 1. The smallest absolute Gasteiger partial charge is 0.405 e. The predicted octanol–water partition coefficient (Wildman–Crippen LogP) is 1.93.